The Morgan fingerprint density at radius 3 is 1.38 bits per heavy atom. The lowest BCUT2D eigenvalue weighted by molar-refractivity contribution is 0.279. The van der Waals surface area contributed by atoms with Gasteiger partial charge in [-0.1, -0.05) is 52.0 Å². The van der Waals surface area contributed by atoms with Gasteiger partial charge in [-0.2, -0.15) is 0 Å². The largest absolute Gasteiger partial charge is 0.493 e. The summed E-state index contributed by atoms with van der Waals surface area (Å²) in [5.41, 5.74) is 2.11. The topological polar surface area (TPSA) is 36.9 Å². The first-order valence-electron chi connectivity index (χ1n) is 11.7. The highest BCUT2D eigenvalue weighted by Gasteiger charge is 2.07. The molecule has 0 aliphatic carbocycles. The van der Waals surface area contributed by atoms with Gasteiger partial charge in [0, 0.05) is 0 Å². The molecule has 0 heterocycles. The molecular weight excluding hydrogens is 400 g/mol. The monoisotopic (exact) mass is 440 g/mol. The second kappa shape index (κ2) is 13.7. The van der Waals surface area contributed by atoms with Crippen LogP contribution in [0.15, 0.2) is 36.4 Å². The smallest absolute Gasteiger partial charge is 0.161 e. The van der Waals surface area contributed by atoms with Gasteiger partial charge in [-0.15, -0.1) is 0 Å². The summed E-state index contributed by atoms with van der Waals surface area (Å²) in [6.07, 6.45) is 8.53. The molecule has 0 spiro atoms. The molecule has 2 aromatic carbocycles. The molecule has 0 amide bonds. The highest BCUT2D eigenvalue weighted by atomic mass is 16.5. The summed E-state index contributed by atoms with van der Waals surface area (Å²) in [6.45, 7) is 10.3. The summed E-state index contributed by atoms with van der Waals surface area (Å²) in [5.74, 6) is 4.44. The number of hydrogen-bond donors (Lipinski definition) is 0. The zero-order chi connectivity index (χ0) is 23.3. The van der Waals surface area contributed by atoms with Crippen LogP contribution in [0, 0.1) is 11.8 Å². The molecule has 176 valence electrons. The van der Waals surface area contributed by atoms with E-state index in [0.717, 1.165) is 59.8 Å². The number of benzene rings is 2. The lowest BCUT2D eigenvalue weighted by atomic mass is 10.1. The van der Waals surface area contributed by atoms with Crippen molar-refractivity contribution in [3.63, 3.8) is 0 Å². The molecule has 2 aromatic rings. The molecule has 32 heavy (non-hydrogen) atoms. The molecule has 0 radical (unpaired) electrons. The predicted molar refractivity (Wildman–Crippen MR) is 134 cm³/mol. The van der Waals surface area contributed by atoms with Crippen LogP contribution in [-0.2, 0) is 0 Å². The average molecular weight is 441 g/mol. The van der Waals surface area contributed by atoms with Crippen LogP contribution < -0.4 is 18.9 Å². The molecule has 4 heteroatoms. The van der Waals surface area contributed by atoms with E-state index in [0.29, 0.717) is 25.0 Å². The van der Waals surface area contributed by atoms with Crippen LogP contribution in [0.5, 0.6) is 23.0 Å². The zero-order valence-corrected chi connectivity index (χ0v) is 20.6. The molecular formula is C28H40O4. The number of hydrogen-bond acceptors (Lipinski definition) is 4. The van der Waals surface area contributed by atoms with Gasteiger partial charge in [0.05, 0.1) is 27.4 Å². The van der Waals surface area contributed by atoms with E-state index in [-0.39, 0.29) is 0 Å². The van der Waals surface area contributed by atoms with Crippen molar-refractivity contribution in [2.75, 3.05) is 27.4 Å². The Bertz CT molecular complexity index is 770. The quantitative estimate of drug-likeness (QED) is 0.225. The van der Waals surface area contributed by atoms with Gasteiger partial charge in [-0.05, 0) is 72.9 Å². The standard InChI is InChI=1S/C28H40O4/c1-21(2)9-7-17-31-27-19-23(13-15-25(27)29-5)11-12-24-14-16-26(30-6)28(20-24)32-18-8-10-22(3)4/h11-16,19-22H,7-10,17-18H2,1-6H3/b12-11+. The second-order valence-corrected chi connectivity index (χ2v) is 8.92. The molecule has 0 saturated carbocycles. The van der Waals surface area contributed by atoms with Crippen molar-refractivity contribution in [3.05, 3.63) is 47.5 Å². The van der Waals surface area contributed by atoms with Crippen LogP contribution in [-0.4, -0.2) is 27.4 Å². The van der Waals surface area contributed by atoms with Gasteiger partial charge in [0.1, 0.15) is 0 Å². The van der Waals surface area contributed by atoms with Crippen molar-refractivity contribution in [2.24, 2.45) is 11.8 Å². The highest BCUT2D eigenvalue weighted by molar-refractivity contribution is 5.72. The molecule has 0 aliphatic rings. The summed E-state index contributed by atoms with van der Waals surface area (Å²) in [4.78, 5) is 0. The Morgan fingerprint density at radius 2 is 1.03 bits per heavy atom. The van der Waals surface area contributed by atoms with Crippen LogP contribution >= 0.6 is 0 Å². The third-order valence-electron chi connectivity index (χ3n) is 5.21. The Morgan fingerprint density at radius 1 is 0.625 bits per heavy atom. The number of ether oxygens (including phenoxy) is 4. The predicted octanol–water partition coefficient (Wildman–Crippen LogP) is 7.50. The summed E-state index contributed by atoms with van der Waals surface area (Å²) >= 11 is 0. The Hall–Kier alpha value is -2.62. The third kappa shape index (κ3) is 8.86. The fourth-order valence-electron chi connectivity index (χ4n) is 3.36. The first kappa shape index (κ1) is 25.6. The Balaban J connectivity index is 2.07. The molecule has 0 saturated heterocycles. The minimum atomic E-state index is 0.684. The summed E-state index contributed by atoms with van der Waals surface area (Å²) in [5, 5.41) is 0. The Labute approximate surface area is 194 Å². The molecule has 0 atom stereocenters. The Kier molecular flexibility index (Phi) is 11.0. The normalized spacial score (nSPS) is 11.4. The van der Waals surface area contributed by atoms with Gasteiger partial charge >= 0.3 is 0 Å². The van der Waals surface area contributed by atoms with Crippen LogP contribution in [0.3, 0.4) is 0 Å². The molecule has 2 rings (SSSR count). The first-order valence-corrected chi connectivity index (χ1v) is 11.7. The molecule has 0 bridgehead atoms. The molecule has 0 aromatic heterocycles. The van der Waals surface area contributed by atoms with Crippen molar-refractivity contribution in [2.45, 2.75) is 53.4 Å². The third-order valence-corrected chi connectivity index (χ3v) is 5.21. The van der Waals surface area contributed by atoms with Crippen molar-refractivity contribution < 1.29 is 18.9 Å². The summed E-state index contributed by atoms with van der Waals surface area (Å²) in [6, 6.07) is 12.0. The van der Waals surface area contributed by atoms with Crippen molar-refractivity contribution in [3.8, 4) is 23.0 Å². The second-order valence-electron chi connectivity index (χ2n) is 8.92. The SMILES string of the molecule is COc1ccc(/C=C/c2ccc(OC)c(OCCCC(C)C)c2)cc1OCCCC(C)C. The first-order chi connectivity index (χ1) is 15.4. The highest BCUT2D eigenvalue weighted by Crippen LogP contribution is 2.31. The van der Waals surface area contributed by atoms with Gasteiger partial charge in [0.25, 0.3) is 0 Å². The zero-order valence-electron chi connectivity index (χ0n) is 20.6. The van der Waals surface area contributed by atoms with Gasteiger partial charge in [0.15, 0.2) is 23.0 Å². The molecule has 0 fully saturated rings. The van der Waals surface area contributed by atoms with E-state index in [4.69, 9.17) is 18.9 Å². The molecule has 4 nitrogen and oxygen atoms in total. The molecule has 0 aliphatic heterocycles. The van der Waals surface area contributed by atoms with Gasteiger partial charge in [0.2, 0.25) is 0 Å². The molecule has 0 unspecified atom stereocenters. The van der Waals surface area contributed by atoms with E-state index in [1.165, 1.54) is 0 Å². The van der Waals surface area contributed by atoms with Crippen LogP contribution in [0.25, 0.3) is 12.2 Å². The summed E-state index contributed by atoms with van der Waals surface area (Å²) < 4.78 is 22.9. The van der Waals surface area contributed by atoms with Crippen LogP contribution in [0.1, 0.15) is 64.5 Å². The molecule has 0 N–H and O–H groups in total. The lowest BCUT2D eigenvalue weighted by Crippen LogP contribution is -2.01. The summed E-state index contributed by atoms with van der Waals surface area (Å²) in [7, 11) is 3.34. The maximum atomic E-state index is 6.00. The minimum Gasteiger partial charge on any atom is -0.493 e. The van der Waals surface area contributed by atoms with Gasteiger partial charge in [-0.25, -0.2) is 0 Å². The van der Waals surface area contributed by atoms with Crippen LogP contribution in [0.2, 0.25) is 0 Å². The number of rotatable bonds is 14. The van der Waals surface area contributed by atoms with E-state index in [9.17, 15) is 0 Å². The van der Waals surface area contributed by atoms with E-state index in [1.807, 2.05) is 36.4 Å². The maximum absolute atomic E-state index is 6.00. The van der Waals surface area contributed by atoms with Crippen molar-refractivity contribution in [1.82, 2.24) is 0 Å². The fourth-order valence-corrected chi connectivity index (χ4v) is 3.36. The number of methoxy groups -OCH3 is 2. The van der Waals surface area contributed by atoms with E-state index >= 15 is 0 Å². The van der Waals surface area contributed by atoms with Crippen molar-refractivity contribution >= 4 is 12.2 Å². The van der Waals surface area contributed by atoms with Crippen LogP contribution in [0.4, 0.5) is 0 Å². The average Bonchev–Trinajstić information content (AvgIpc) is 2.78. The lowest BCUT2D eigenvalue weighted by Gasteiger charge is -2.13. The van der Waals surface area contributed by atoms with E-state index < -0.39 is 0 Å². The van der Waals surface area contributed by atoms with E-state index in [2.05, 4.69) is 39.8 Å². The van der Waals surface area contributed by atoms with Gasteiger partial charge < -0.3 is 18.9 Å². The maximum Gasteiger partial charge on any atom is 0.161 e. The van der Waals surface area contributed by atoms with Gasteiger partial charge in [-0.3, -0.25) is 0 Å². The van der Waals surface area contributed by atoms with E-state index in [1.54, 1.807) is 14.2 Å². The minimum absolute atomic E-state index is 0.684. The van der Waals surface area contributed by atoms with Crippen molar-refractivity contribution in [1.29, 1.82) is 0 Å². The fraction of sp³-hybridized carbons (Fsp3) is 0.500.